The van der Waals surface area contributed by atoms with Gasteiger partial charge in [-0.1, -0.05) is 11.8 Å². The molecular weight excluding hydrogens is 274 g/mol. The molecule has 20 heavy (non-hydrogen) atoms. The zero-order chi connectivity index (χ0) is 14.5. The van der Waals surface area contributed by atoms with Crippen molar-refractivity contribution in [1.29, 1.82) is 0 Å². The first-order valence-electron chi connectivity index (χ1n) is 5.86. The van der Waals surface area contributed by atoms with Gasteiger partial charge in [0, 0.05) is 23.7 Å². The highest BCUT2D eigenvalue weighted by molar-refractivity contribution is 7.99. The number of amides is 2. The van der Waals surface area contributed by atoms with Crippen molar-refractivity contribution in [3.05, 3.63) is 48.2 Å². The third-order valence-electron chi connectivity index (χ3n) is 2.42. The molecule has 1 aromatic carbocycles. The summed E-state index contributed by atoms with van der Waals surface area (Å²) in [6.45, 7) is 1.47. The predicted molar refractivity (Wildman–Crippen MR) is 77.6 cm³/mol. The maximum absolute atomic E-state index is 10.9. The number of nitrogens with two attached hydrogens (primary N) is 1. The van der Waals surface area contributed by atoms with Gasteiger partial charge in [-0.15, -0.1) is 0 Å². The van der Waals surface area contributed by atoms with Gasteiger partial charge in [0.2, 0.25) is 11.8 Å². The highest BCUT2D eigenvalue weighted by Crippen LogP contribution is 2.26. The van der Waals surface area contributed by atoms with Crippen LogP contribution >= 0.6 is 11.8 Å². The topological polar surface area (TPSA) is 85.1 Å². The minimum absolute atomic E-state index is 0.103. The molecule has 0 aliphatic rings. The van der Waals surface area contributed by atoms with E-state index >= 15 is 0 Å². The van der Waals surface area contributed by atoms with Gasteiger partial charge in [0.15, 0.2) is 0 Å². The van der Waals surface area contributed by atoms with Crippen LogP contribution in [0.1, 0.15) is 17.3 Å². The second-order valence-electron chi connectivity index (χ2n) is 4.06. The van der Waals surface area contributed by atoms with Crippen molar-refractivity contribution in [3.63, 3.8) is 0 Å². The smallest absolute Gasteiger partial charge is 0.250 e. The Kier molecular flexibility index (Phi) is 4.37. The van der Waals surface area contributed by atoms with Crippen LogP contribution < -0.4 is 11.1 Å². The summed E-state index contributed by atoms with van der Waals surface area (Å²) in [5.41, 5.74) is 6.29. The van der Waals surface area contributed by atoms with Gasteiger partial charge in [0.25, 0.3) is 0 Å². The van der Waals surface area contributed by atoms with Gasteiger partial charge in [-0.2, -0.15) is 0 Å². The fourth-order valence-electron chi connectivity index (χ4n) is 1.52. The molecule has 2 aromatic rings. The van der Waals surface area contributed by atoms with Crippen molar-refractivity contribution in [1.82, 2.24) is 4.98 Å². The van der Waals surface area contributed by atoms with E-state index in [1.165, 1.54) is 24.9 Å². The minimum atomic E-state index is -0.492. The first kappa shape index (κ1) is 14.1. The summed E-state index contributed by atoms with van der Waals surface area (Å²) in [5.74, 6) is -0.595. The van der Waals surface area contributed by atoms with E-state index in [2.05, 4.69) is 10.3 Å². The molecule has 0 saturated heterocycles. The fraction of sp³-hybridized carbons (Fsp3) is 0.0714. The van der Waals surface area contributed by atoms with E-state index in [-0.39, 0.29) is 5.91 Å². The van der Waals surface area contributed by atoms with E-state index in [0.29, 0.717) is 5.56 Å². The number of nitrogens with one attached hydrogen (secondary N) is 1. The first-order chi connectivity index (χ1) is 9.54. The van der Waals surface area contributed by atoms with Gasteiger partial charge in [-0.25, -0.2) is 4.98 Å². The van der Waals surface area contributed by atoms with Crippen LogP contribution in [0.15, 0.2) is 52.5 Å². The van der Waals surface area contributed by atoms with Gasteiger partial charge in [-0.3, -0.25) is 9.59 Å². The lowest BCUT2D eigenvalue weighted by atomic mass is 10.3. The number of anilines is 1. The summed E-state index contributed by atoms with van der Waals surface area (Å²) >= 11 is 1.46. The molecule has 1 aromatic heterocycles. The molecule has 2 rings (SSSR count). The predicted octanol–water partition coefficient (Wildman–Crippen LogP) is 2.29. The van der Waals surface area contributed by atoms with E-state index in [0.717, 1.165) is 15.6 Å². The highest BCUT2D eigenvalue weighted by Gasteiger charge is 2.03. The SMILES string of the molecule is CC(=O)Nc1ccc(Sc2ccc(C(N)=O)cn2)cc1. The first-order valence-corrected chi connectivity index (χ1v) is 6.67. The monoisotopic (exact) mass is 287 g/mol. The van der Waals surface area contributed by atoms with Crippen molar-refractivity contribution < 1.29 is 9.59 Å². The largest absolute Gasteiger partial charge is 0.366 e. The van der Waals surface area contributed by atoms with Crippen molar-refractivity contribution in [2.24, 2.45) is 5.73 Å². The van der Waals surface area contributed by atoms with E-state index in [4.69, 9.17) is 5.73 Å². The van der Waals surface area contributed by atoms with E-state index in [1.54, 1.807) is 12.1 Å². The van der Waals surface area contributed by atoms with Crippen molar-refractivity contribution in [2.75, 3.05) is 5.32 Å². The molecule has 0 aliphatic heterocycles. The van der Waals surface area contributed by atoms with Crippen molar-refractivity contribution >= 4 is 29.3 Å². The summed E-state index contributed by atoms with van der Waals surface area (Å²) in [6, 6.07) is 10.8. The zero-order valence-electron chi connectivity index (χ0n) is 10.8. The van der Waals surface area contributed by atoms with Crippen molar-refractivity contribution in [3.8, 4) is 0 Å². The average Bonchev–Trinajstić information content (AvgIpc) is 2.41. The second-order valence-corrected chi connectivity index (χ2v) is 5.15. The Morgan fingerprint density at radius 1 is 1.15 bits per heavy atom. The van der Waals surface area contributed by atoms with E-state index in [9.17, 15) is 9.59 Å². The lowest BCUT2D eigenvalue weighted by Crippen LogP contribution is -2.10. The number of carbonyl (C=O) groups is 2. The molecule has 2 amide bonds. The fourth-order valence-corrected chi connectivity index (χ4v) is 2.27. The Morgan fingerprint density at radius 2 is 1.85 bits per heavy atom. The molecule has 0 atom stereocenters. The number of primary amides is 1. The number of hydrogen-bond acceptors (Lipinski definition) is 4. The molecule has 0 saturated carbocycles. The molecule has 0 bridgehead atoms. The van der Waals surface area contributed by atoms with Gasteiger partial charge in [0.1, 0.15) is 5.03 Å². The summed E-state index contributed by atoms with van der Waals surface area (Å²) in [6.07, 6.45) is 1.45. The third-order valence-corrected chi connectivity index (χ3v) is 3.38. The number of carbonyl (C=O) groups excluding carboxylic acids is 2. The molecule has 5 nitrogen and oxygen atoms in total. The molecule has 3 N–H and O–H groups in total. The normalized spacial score (nSPS) is 10.1. The van der Waals surface area contributed by atoms with E-state index in [1.807, 2.05) is 24.3 Å². The number of rotatable bonds is 4. The van der Waals surface area contributed by atoms with Gasteiger partial charge >= 0.3 is 0 Å². The Balaban J connectivity index is 2.06. The Hall–Kier alpha value is -2.34. The maximum atomic E-state index is 10.9. The molecule has 0 aliphatic carbocycles. The van der Waals surface area contributed by atoms with Crippen LogP contribution in [0.4, 0.5) is 5.69 Å². The molecule has 0 unspecified atom stereocenters. The van der Waals surface area contributed by atoms with Gasteiger partial charge in [0.05, 0.1) is 5.56 Å². The van der Waals surface area contributed by atoms with Crippen molar-refractivity contribution in [2.45, 2.75) is 16.8 Å². The molecular formula is C14H13N3O2S. The summed E-state index contributed by atoms with van der Waals surface area (Å²) in [4.78, 5) is 27.0. The summed E-state index contributed by atoms with van der Waals surface area (Å²) in [7, 11) is 0. The summed E-state index contributed by atoms with van der Waals surface area (Å²) in [5, 5.41) is 3.47. The van der Waals surface area contributed by atoms with Crippen LogP contribution in [-0.4, -0.2) is 16.8 Å². The van der Waals surface area contributed by atoms with Crippen LogP contribution in [0.3, 0.4) is 0 Å². The molecule has 0 fully saturated rings. The second kappa shape index (κ2) is 6.21. The molecule has 6 heteroatoms. The number of pyridine rings is 1. The van der Waals surface area contributed by atoms with Crippen LogP contribution in [0, 0.1) is 0 Å². The van der Waals surface area contributed by atoms with Crippen LogP contribution in [0.2, 0.25) is 0 Å². The molecule has 0 radical (unpaired) electrons. The zero-order valence-corrected chi connectivity index (χ0v) is 11.6. The summed E-state index contributed by atoms with van der Waals surface area (Å²) < 4.78 is 0. The van der Waals surface area contributed by atoms with Gasteiger partial charge < -0.3 is 11.1 Å². The Morgan fingerprint density at radius 3 is 2.35 bits per heavy atom. The quantitative estimate of drug-likeness (QED) is 0.903. The van der Waals surface area contributed by atoms with Crippen LogP contribution in [-0.2, 0) is 4.79 Å². The standard InChI is InChI=1S/C14H13N3O2S/c1-9(18)17-11-3-5-12(6-4-11)20-13-7-2-10(8-16-13)14(15)19/h2-8H,1H3,(H2,15,19)(H,17,18). The lowest BCUT2D eigenvalue weighted by Gasteiger charge is -2.04. The van der Waals surface area contributed by atoms with Crippen LogP contribution in [0.5, 0.6) is 0 Å². The highest BCUT2D eigenvalue weighted by atomic mass is 32.2. The maximum Gasteiger partial charge on any atom is 0.250 e. The van der Waals surface area contributed by atoms with Crippen LogP contribution in [0.25, 0.3) is 0 Å². The van der Waals surface area contributed by atoms with E-state index < -0.39 is 5.91 Å². The van der Waals surface area contributed by atoms with Gasteiger partial charge in [-0.05, 0) is 36.4 Å². The molecule has 102 valence electrons. The lowest BCUT2D eigenvalue weighted by molar-refractivity contribution is -0.114. The Bertz CT molecular complexity index is 624. The molecule has 1 heterocycles. The number of benzene rings is 1. The average molecular weight is 287 g/mol. The third kappa shape index (κ3) is 3.83. The molecule has 0 spiro atoms. The minimum Gasteiger partial charge on any atom is -0.366 e. The number of aromatic nitrogens is 1. The number of hydrogen-bond donors (Lipinski definition) is 2. The number of nitrogens with zero attached hydrogens (tertiary/aromatic N) is 1. The Labute approximate surface area is 120 Å².